The van der Waals surface area contributed by atoms with Crippen LogP contribution in [0.3, 0.4) is 0 Å². The second-order valence-corrected chi connectivity index (χ2v) is 7.06. The SMILES string of the molecule is O=C(OC1=NOCC1OC(=O)c1cccc2ccccc12)c1cccc2ccccc12. The zero-order valence-electron chi connectivity index (χ0n) is 16.4. The Labute approximate surface area is 177 Å². The molecule has 0 fully saturated rings. The molecule has 0 saturated heterocycles. The molecule has 1 heterocycles. The van der Waals surface area contributed by atoms with Gasteiger partial charge in [0.2, 0.25) is 6.10 Å². The maximum Gasteiger partial charge on any atom is 0.345 e. The van der Waals surface area contributed by atoms with Crippen molar-refractivity contribution >= 4 is 39.4 Å². The van der Waals surface area contributed by atoms with Crippen LogP contribution in [0.2, 0.25) is 0 Å². The minimum absolute atomic E-state index is 0.0192. The first kappa shape index (κ1) is 18.8. The lowest BCUT2D eigenvalue weighted by Gasteiger charge is -2.13. The molecule has 1 aliphatic rings. The molecule has 31 heavy (non-hydrogen) atoms. The van der Waals surface area contributed by atoms with Crippen LogP contribution in [0.15, 0.2) is 90.1 Å². The number of hydrogen-bond acceptors (Lipinski definition) is 6. The van der Waals surface area contributed by atoms with Gasteiger partial charge in [-0.3, -0.25) is 0 Å². The molecule has 0 N–H and O–H groups in total. The highest BCUT2D eigenvalue weighted by Crippen LogP contribution is 2.22. The Kier molecular flexibility index (Phi) is 4.80. The van der Waals surface area contributed by atoms with Crippen molar-refractivity contribution < 1.29 is 23.9 Å². The Morgan fingerprint density at radius 3 is 1.94 bits per heavy atom. The summed E-state index contributed by atoms with van der Waals surface area (Å²) >= 11 is 0. The zero-order chi connectivity index (χ0) is 21.2. The first-order chi connectivity index (χ1) is 15.2. The number of carbonyl (C=O) groups is 2. The minimum atomic E-state index is -0.912. The Morgan fingerprint density at radius 1 is 0.742 bits per heavy atom. The van der Waals surface area contributed by atoms with E-state index in [1.165, 1.54) is 0 Å². The van der Waals surface area contributed by atoms with Crippen molar-refractivity contribution in [2.24, 2.45) is 5.16 Å². The molecular weight excluding hydrogens is 394 g/mol. The van der Waals surface area contributed by atoms with Gasteiger partial charge in [-0.2, -0.15) is 0 Å². The average Bonchev–Trinajstić information content (AvgIpc) is 3.24. The average molecular weight is 411 g/mol. The van der Waals surface area contributed by atoms with Crippen LogP contribution in [0.5, 0.6) is 0 Å². The first-order valence-electron chi connectivity index (χ1n) is 9.79. The van der Waals surface area contributed by atoms with Gasteiger partial charge in [0.25, 0.3) is 5.90 Å². The van der Waals surface area contributed by atoms with E-state index in [4.69, 9.17) is 14.3 Å². The van der Waals surface area contributed by atoms with Crippen molar-refractivity contribution in [3.63, 3.8) is 0 Å². The van der Waals surface area contributed by atoms with E-state index in [0.29, 0.717) is 11.1 Å². The standard InChI is InChI=1S/C25H17NO5/c27-24(20-13-5-9-16-7-1-3-11-18(16)20)30-22-15-29-26-23(22)31-25(28)21-14-6-10-17-8-2-4-12-19(17)21/h1-14,22H,15H2. The van der Waals surface area contributed by atoms with E-state index in [-0.39, 0.29) is 12.5 Å². The molecule has 1 aliphatic heterocycles. The summed E-state index contributed by atoms with van der Waals surface area (Å²) in [5.41, 5.74) is 0.816. The highest BCUT2D eigenvalue weighted by molar-refractivity contribution is 6.09. The molecule has 1 atom stereocenters. The van der Waals surface area contributed by atoms with Gasteiger partial charge in [-0.15, -0.1) is 0 Å². The number of fused-ring (bicyclic) bond motifs is 2. The number of benzene rings is 4. The van der Waals surface area contributed by atoms with Gasteiger partial charge in [0.05, 0.1) is 11.1 Å². The number of esters is 2. The number of ether oxygens (including phenoxy) is 2. The third kappa shape index (κ3) is 3.59. The summed E-state index contributed by atoms with van der Waals surface area (Å²) in [7, 11) is 0. The Bertz CT molecular complexity index is 1330. The highest BCUT2D eigenvalue weighted by atomic mass is 16.7. The van der Waals surface area contributed by atoms with Crippen LogP contribution in [0.4, 0.5) is 0 Å². The van der Waals surface area contributed by atoms with Crippen LogP contribution in [0.1, 0.15) is 20.7 Å². The first-order valence-corrected chi connectivity index (χ1v) is 9.79. The minimum Gasteiger partial charge on any atom is -0.445 e. The van der Waals surface area contributed by atoms with Crippen LogP contribution in [0, 0.1) is 0 Å². The van der Waals surface area contributed by atoms with Crippen molar-refractivity contribution in [1.82, 2.24) is 0 Å². The van der Waals surface area contributed by atoms with E-state index in [2.05, 4.69) is 5.16 Å². The number of hydrogen-bond donors (Lipinski definition) is 0. The molecule has 4 aromatic carbocycles. The molecule has 6 heteroatoms. The molecule has 152 valence electrons. The second kappa shape index (κ2) is 7.91. The Balaban J connectivity index is 1.35. The summed E-state index contributed by atoms with van der Waals surface area (Å²) in [6.45, 7) is -0.0192. The molecule has 6 nitrogen and oxygen atoms in total. The molecule has 5 rings (SSSR count). The van der Waals surface area contributed by atoms with Crippen LogP contribution < -0.4 is 0 Å². The number of carbonyl (C=O) groups excluding carboxylic acids is 2. The van der Waals surface area contributed by atoms with Crippen molar-refractivity contribution in [3.05, 3.63) is 96.1 Å². The largest absolute Gasteiger partial charge is 0.445 e. The Hall–Kier alpha value is -4.19. The van der Waals surface area contributed by atoms with Gasteiger partial charge >= 0.3 is 11.9 Å². The lowest BCUT2D eigenvalue weighted by Crippen LogP contribution is -2.30. The van der Waals surface area contributed by atoms with Gasteiger partial charge < -0.3 is 14.3 Å². The van der Waals surface area contributed by atoms with Crippen molar-refractivity contribution in [3.8, 4) is 0 Å². The maximum absolute atomic E-state index is 12.8. The summed E-state index contributed by atoms with van der Waals surface area (Å²) in [5, 5.41) is 7.15. The predicted octanol–water partition coefficient (Wildman–Crippen LogP) is 4.72. The molecule has 0 spiro atoms. The van der Waals surface area contributed by atoms with E-state index in [1.807, 2.05) is 60.7 Å². The molecular formula is C25H17NO5. The Morgan fingerprint density at radius 2 is 1.29 bits per heavy atom. The van der Waals surface area contributed by atoms with Gasteiger partial charge in [0.15, 0.2) is 6.61 Å². The number of oxime groups is 1. The molecule has 0 aromatic heterocycles. The van der Waals surface area contributed by atoms with Crippen molar-refractivity contribution in [2.45, 2.75) is 6.10 Å². The van der Waals surface area contributed by atoms with E-state index in [9.17, 15) is 9.59 Å². The number of rotatable bonds is 3. The molecule has 0 aliphatic carbocycles. The third-order valence-electron chi connectivity index (χ3n) is 5.12. The quantitative estimate of drug-likeness (QED) is 0.456. The van der Waals surface area contributed by atoms with Gasteiger partial charge in [-0.05, 0) is 38.8 Å². The lowest BCUT2D eigenvalue weighted by molar-refractivity contribution is 0.0264. The topological polar surface area (TPSA) is 74.2 Å². The van der Waals surface area contributed by atoms with E-state index in [1.54, 1.807) is 24.3 Å². The fraction of sp³-hybridized carbons (Fsp3) is 0.0800. The van der Waals surface area contributed by atoms with E-state index in [0.717, 1.165) is 21.5 Å². The smallest absolute Gasteiger partial charge is 0.345 e. The molecule has 0 amide bonds. The van der Waals surface area contributed by atoms with E-state index >= 15 is 0 Å². The number of nitrogens with zero attached hydrogens (tertiary/aromatic N) is 1. The molecule has 0 radical (unpaired) electrons. The van der Waals surface area contributed by atoms with Crippen molar-refractivity contribution in [1.29, 1.82) is 0 Å². The zero-order valence-corrected chi connectivity index (χ0v) is 16.4. The summed E-state index contributed by atoms with van der Waals surface area (Å²) in [4.78, 5) is 30.7. The summed E-state index contributed by atoms with van der Waals surface area (Å²) in [6, 6.07) is 25.8. The molecule has 4 aromatic rings. The normalized spacial score (nSPS) is 15.4. The summed E-state index contributed by atoms with van der Waals surface area (Å²) < 4.78 is 11.0. The molecule has 1 unspecified atom stereocenters. The fourth-order valence-electron chi connectivity index (χ4n) is 3.62. The third-order valence-corrected chi connectivity index (χ3v) is 5.12. The van der Waals surface area contributed by atoms with Gasteiger partial charge in [-0.25, -0.2) is 9.59 Å². The summed E-state index contributed by atoms with van der Waals surface area (Å²) in [5.74, 6) is -1.21. The fourth-order valence-corrected chi connectivity index (χ4v) is 3.62. The van der Waals surface area contributed by atoms with Crippen LogP contribution in [-0.2, 0) is 14.3 Å². The molecule has 0 bridgehead atoms. The maximum atomic E-state index is 12.8. The van der Waals surface area contributed by atoms with Gasteiger partial charge in [-0.1, -0.05) is 72.8 Å². The predicted molar refractivity (Wildman–Crippen MR) is 116 cm³/mol. The van der Waals surface area contributed by atoms with Crippen LogP contribution in [-0.4, -0.2) is 30.5 Å². The van der Waals surface area contributed by atoms with E-state index < -0.39 is 18.0 Å². The highest BCUT2D eigenvalue weighted by Gasteiger charge is 2.32. The van der Waals surface area contributed by atoms with Crippen LogP contribution >= 0.6 is 0 Å². The molecule has 0 saturated carbocycles. The van der Waals surface area contributed by atoms with Crippen LogP contribution in [0.25, 0.3) is 21.5 Å². The summed E-state index contributed by atoms with van der Waals surface area (Å²) in [6.07, 6.45) is -0.912. The van der Waals surface area contributed by atoms with Gasteiger partial charge in [0.1, 0.15) is 0 Å². The van der Waals surface area contributed by atoms with Crippen molar-refractivity contribution in [2.75, 3.05) is 6.61 Å². The monoisotopic (exact) mass is 411 g/mol. The van der Waals surface area contributed by atoms with Gasteiger partial charge in [0, 0.05) is 0 Å². The lowest BCUT2D eigenvalue weighted by atomic mass is 10.0. The second-order valence-electron chi connectivity index (χ2n) is 7.06.